The highest BCUT2D eigenvalue weighted by molar-refractivity contribution is 5.94. The van der Waals surface area contributed by atoms with Crippen LogP contribution < -0.4 is 0 Å². The SMILES string of the molecule is CN1CCN(C(=O)c2cc(-c3nocc3-c3ccc(F)cc3)c[nH]2)CC1. The average Bonchev–Trinajstić information content (AvgIpc) is 3.32. The number of hydrogen-bond acceptors (Lipinski definition) is 4. The van der Waals surface area contributed by atoms with Crippen LogP contribution in [0.3, 0.4) is 0 Å². The molecule has 1 aliphatic heterocycles. The first-order valence-corrected chi connectivity index (χ1v) is 8.49. The van der Waals surface area contributed by atoms with Gasteiger partial charge in [0.15, 0.2) is 0 Å². The first-order chi connectivity index (χ1) is 12.6. The van der Waals surface area contributed by atoms with Crippen LogP contribution in [0.4, 0.5) is 4.39 Å². The number of aromatic amines is 1. The molecule has 0 unspecified atom stereocenters. The summed E-state index contributed by atoms with van der Waals surface area (Å²) in [6, 6.07) is 7.92. The quantitative estimate of drug-likeness (QED) is 0.785. The number of piperazine rings is 1. The van der Waals surface area contributed by atoms with Crippen LogP contribution in [0.15, 0.2) is 47.3 Å². The normalized spacial score (nSPS) is 15.4. The van der Waals surface area contributed by atoms with E-state index in [2.05, 4.69) is 22.1 Å². The van der Waals surface area contributed by atoms with E-state index in [1.807, 2.05) is 4.90 Å². The van der Waals surface area contributed by atoms with Gasteiger partial charge in [-0.25, -0.2) is 4.39 Å². The van der Waals surface area contributed by atoms with Crippen molar-refractivity contribution in [1.29, 1.82) is 0 Å². The lowest BCUT2D eigenvalue weighted by Crippen LogP contribution is -2.47. The zero-order valence-electron chi connectivity index (χ0n) is 14.4. The first-order valence-electron chi connectivity index (χ1n) is 8.49. The van der Waals surface area contributed by atoms with Crippen LogP contribution in [0.2, 0.25) is 0 Å². The third kappa shape index (κ3) is 3.13. The van der Waals surface area contributed by atoms with Crippen molar-refractivity contribution in [3.63, 3.8) is 0 Å². The number of likely N-dealkylation sites (N-methyl/N-ethyl adjacent to an activating group) is 1. The summed E-state index contributed by atoms with van der Waals surface area (Å²) in [7, 11) is 2.05. The van der Waals surface area contributed by atoms with E-state index in [-0.39, 0.29) is 11.7 Å². The molecule has 0 bridgehead atoms. The van der Waals surface area contributed by atoms with Crippen molar-refractivity contribution in [1.82, 2.24) is 19.9 Å². The molecule has 26 heavy (non-hydrogen) atoms. The van der Waals surface area contributed by atoms with E-state index < -0.39 is 0 Å². The Labute approximate surface area is 150 Å². The highest BCUT2D eigenvalue weighted by atomic mass is 19.1. The molecule has 1 N–H and O–H groups in total. The Balaban J connectivity index is 1.58. The summed E-state index contributed by atoms with van der Waals surface area (Å²) in [6.07, 6.45) is 3.27. The summed E-state index contributed by atoms with van der Waals surface area (Å²) >= 11 is 0. The van der Waals surface area contributed by atoms with Gasteiger partial charge in [0.25, 0.3) is 5.91 Å². The number of hydrogen-bond donors (Lipinski definition) is 1. The maximum atomic E-state index is 13.2. The number of rotatable bonds is 3. The molecule has 1 amide bonds. The second-order valence-electron chi connectivity index (χ2n) is 6.48. The Kier molecular flexibility index (Phi) is 4.30. The summed E-state index contributed by atoms with van der Waals surface area (Å²) < 4.78 is 18.3. The Hall–Kier alpha value is -2.93. The van der Waals surface area contributed by atoms with Crippen LogP contribution >= 0.6 is 0 Å². The molecular weight excluding hydrogens is 335 g/mol. The molecule has 1 saturated heterocycles. The van der Waals surface area contributed by atoms with E-state index in [0.717, 1.165) is 29.8 Å². The van der Waals surface area contributed by atoms with Crippen LogP contribution in [0.5, 0.6) is 0 Å². The van der Waals surface area contributed by atoms with Gasteiger partial charge in [0.05, 0.1) is 0 Å². The summed E-state index contributed by atoms with van der Waals surface area (Å²) in [5.74, 6) is -0.315. The molecule has 1 aromatic carbocycles. The van der Waals surface area contributed by atoms with E-state index >= 15 is 0 Å². The second-order valence-corrected chi connectivity index (χ2v) is 6.48. The van der Waals surface area contributed by atoms with Crippen LogP contribution in [0.1, 0.15) is 10.5 Å². The lowest BCUT2D eigenvalue weighted by Gasteiger charge is -2.32. The van der Waals surface area contributed by atoms with Crippen molar-refractivity contribution in [2.45, 2.75) is 0 Å². The van der Waals surface area contributed by atoms with Crippen molar-refractivity contribution in [3.8, 4) is 22.4 Å². The van der Waals surface area contributed by atoms with Crippen molar-refractivity contribution < 1.29 is 13.7 Å². The minimum Gasteiger partial charge on any atom is -0.363 e. The number of carbonyl (C=O) groups is 1. The van der Waals surface area contributed by atoms with Gasteiger partial charge in [-0.2, -0.15) is 0 Å². The van der Waals surface area contributed by atoms with Gasteiger partial charge in [-0.05, 0) is 30.8 Å². The summed E-state index contributed by atoms with van der Waals surface area (Å²) in [5, 5.41) is 4.06. The Bertz CT molecular complexity index is 908. The van der Waals surface area contributed by atoms with Gasteiger partial charge in [0.1, 0.15) is 23.5 Å². The molecule has 0 aliphatic carbocycles. The fraction of sp³-hybridized carbons (Fsp3) is 0.263. The Morgan fingerprint density at radius 1 is 1.15 bits per heavy atom. The molecule has 0 spiro atoms. The minimum absolute atomic E-state index is 0.0174. The molecule has 0 atom stereocenters. The van der Waals surface area contributed by atoms with E-state index in [0.29, 0.717) is 24.5 Å². The molecule has 3 heterocycles. The summed E-state index contributed by atoms with van der Waals surface area (Å²) in [6.45, 7) is 3.18. The Morgan fingerprint density at radius 2 is 1.88 bits per heavy atom. The second kappa shape index (κ2) is 6.76. The fourth-order valence-electron chi connectivity index (χ4n) is 3.11. The molecule has 1 fully saturated rings. The molecule has 0 saturated carbocycles. The molecule has 6 nitrogen and oxygen atoms in total. The van der Waals surface area contributed by atoms with Gasteiger partial charge >= 0.3 is 0 Å². The predicted molar refractivity (Wildman–Crippen MR) is 95.1 cm³/mol. The number of nitrogens with zero attached hydrogens (tertiary/aromatic N) is 3. The van der Waals surface area contributed by atoms with Crippen LogP contribution in [0, 0.1) is 5.82 Å². The Morgan fingerprint density at radius 3 is 2.62 bits per heavy atom. The number of benzene rings is 1. The fourth-order valence-corrected chi connectivity index (χ4v) is 3.11. The maximum Gasteiger partial charge on any atom is 0.270 e. The first kappa shape index (κ1) is 16.5. The van der Waals surface area contributed by atoms with Gasteiger partial charge < -0.3 is 19.3 Å². The molecule has 2 aromatic heterocycles. The maximum absolute atomic E-state index is 13.2. The molecule has 134 valence electrons. The van der Waals surface area contributed by atoms with Crippen molar-refractivity contribution in [2.24, 2.45) is 0 Å². The zero-order chi connectivity index (χ0) is 18.1. The molecule has 0 radical (unpaired) electrons. The largest absolute Gasteiger partial charge is 0.363 e. The highest BCUT2D eigenvalue weighted by Gasteiger charge is 2.22. The lowest BCUT2D eigenvalue weighted by molar-refractivity contribution is 0.0659. The smallest absolute Gasteiger partial charge is 0.270 e. The monoisotopic (exact) mass is 354 g/mol. The molecule has 7 heteroatoms. The van der Waals surface area contributed by atoms with Crippen molar-refractivity contribution in [3.05, 3.63) is 54.3 Å². The summed E-state index contributed by atoms with van der Waals surface area (Å²) in [5.41, 5.74) is 3.46. The van der Waals surface area contributed by atoms with Crippen molar-refractivity contribution >= 4 is 5.91 Å². The van der Waals surface area contributed by atoms with Crippen molar-refractivity contribution in [2.75, 3.05) is 33.2 Å². The zero-order valence-corrected chi connectivity index (χ0v) is 14.4. The van der Waals surface area contributed by atoms with E-state index in [1.165, 1.54) is 18.4 Å². The van der Waals surface area contributed by atoms with Crippen LogP contribution in [-0.2, 0) is 0 Å². The number of nitrogens with one attached hydrogen (secondary N) is 1. The number of amides is 1. The van der Waals surface area contributed by atoms with E-state index in [9.17, 15) is 9.18 Å². The number of carbonyl (C=O) groups excluding carboxylic acids is 1. The van der Waals surface area contributed by atoms with Gasteiger partial charge in [0.2, 0.25) is 0 Å². The van der Waals surface area contributed by atoms with Crippen LogP contribution in [-0.4, -0.2) is 59.1 Å². The third-order valence-corrected chi connectivity index (χ3v) is 4.70. The number of aromatic nitrogens is 2. The number of halogens is 1. The predicted octanol–water partition coefficient (Wildman–Crippen LogP) is 2.86. The van der Waals surface area contributed by atoms with Gasteiger partial charge in [-0.15, -0.1) is 0 Å². The molecule has 1 aliphatic rings. The third-order valence-electron chi connectivity index (χ3n) is 4.70. The number of H-pyrrole nitrogens is 1. The molecule has 3 aromatic rings. The standard InChI is InChI=1S/C19H19FN4O2/c1-23-6-8-24(9-7-23)19(25)17-10-14(11-21-17)18-16(12-26-22-18)13-2-4-15(20)5-3-13/h2-5,10-12,21H,6-9H2,1H3. The molecule has 4 rings (SSSR count). The highest BCUT2D eigenvalue weighted by Crippen LogP contribution is 2.31. The lowest BCUT2D eigenvalue weighted by atomic mass is 10.0. The average molecular weight is 354 g/mol. The van der Waals surface area contributed by atoms with Crippen LogP contribution in [0.25, 0.3) is 22.4 Å². The van der Waals surface area contributed by atoms with Gasteiger partial charge in [0, 0.05) is 43.5 Å². The molecular formula is C19H19FN4O2. The topological polar surface area (TPSA) is 65.4 Å². The van der Waals surface area contributed by atoms with Gasteiger partial charge in [-0.1, -0.05) is 17.3 Å². The van der Waals surface area contributed by atoms with E-state index in [4.69, 9.17) is 4.52 Å². The van der Waals surface area contributed by atoms with Gasteiger partial charge in [-0.3, -0.25) is 4.79 Å². The van der Waals surface area contributed by atoms with E-state index in [1.54, 1.807) is 24.4 Å². The minimum atomic E-state index is -0.298. The summed E-state index contributed by atoms with van der Waals surface area (Å²) in [4.78, 5) is 19.8.